The number of amides is 1. The molecule has 0 radical (unpaired) electrons. The van der Waals surface area contributed by atoms with E-state index in [4.69, 9.17) is 9.26 Å². The molecule has 1 saturated carbocycles. The van der Waals surface area contributed by atoms with Crippen LogP contribution in [0.5, 0.6) is 0 Å². The second-order valence-electron chi connectivity index (χ2n) is 7.00. The van der Waals surface area contributed by atoms with Gasteiger partial charge in [0.1, 0.15) is 0 Å². The van der Waals surface area contributed by atoms with Crippen molar-refractivity contribution in [3.8, 4) is 0 Å². The summed E-state index contributed by atoms with van der Waals surface area (Å²) in [5.74, 6) is -0.829. The zero-order valence-corrected chi connectivity index (χ0v) is 15.5. The highest BCUT2D eigenvalue weighted by atomic mass is 16.5. The normalized spacial score (nSPS) is 16.9. The SMILES string of the molecule is Cc1cc(C(=O)O[C@H](C)C(=O)NC2CCCCCC2)c2c(C)noc2n1. The monoisotopic (exact) mass is 359 g/mol. The molecule has 0 saturated heterocycles. The molecule has 1 atom stereocenters. The first-order valence-electron chi connectivity index (χ1n) is 9.20. The van der Waals surface area contributed by atoms with Crippen LogP contribution in [-0.4, -0.2) is 34.2 Å². The Morgan fingerprint density at radius 2 is 1.92 bits per heavy atom. The number of hydrogen-bond donors (Lipinski definition) is 1. The number of nitrogens with one attached hydrogen (secondary N) is 1. The largest absolute Gasteiger partial charge is 0.449 e. The molecule has 1 amide bonds. The van der Waals surface area contributed by atoms with Crippen molar-refractivity contribution in [3.05, 3.63) is 23.0 Å². The molecule has 7 nitrogen and oxygen atoms in total. The van der Waals surface area contributed by atoms with E-state index in [-0.39, 0.29) is 11.9 Å². The molecule has 140 valence electrons. The van der Waals surface area contributed by atoms with Gasteiger partial charge in [-0.1, -0.05) is 30.8 Å². The Hall–Kier alpha value is -2.44. The van der Waals surface area contributed by atoms with Gasteiger partial charge in [0.25, 0.3) is 11.6 Å². The number of aromatic nitrogens is 2. The Morgan fingerprint density at radius 3 is 2.62 bits per heavy atom. The third kappa shape index (κ3) is 4.03. The molecule has 2 aromatic rings. The van der Waals surface area contributed by atoms with E-state index >= 15 is 0 Å². The number of carbonyl (C=O) groups is 2. The van der Waals surface area contributed by atoms with E-state index in [1.165, 1.54) is 12.8 Å². The summed E-state index contributed by atoms with van der Waals surface area (Å²) in [6, 6.07) is 1.80. The van der Waals surface area contributed by atoms with Gasteiger partial charge in [-0.05, 0) is 39.7 Å². The lowest BCUT2D eigenvalue weighted by molar-refractivity contribution is -0.129. The van der Waals surface area contributed by atoms with Crippen LogP contribution in [0, 0.1) is 13.8 Å². The molecular weight excluding hydrogens is 334 g/mol. The van der Waals surface area contributed by atoms with Gasteiger partial charge < -0.3 is 14.6 Å². The fraction of sp³-hybridized carbons (Fsp3) is 0.579. The maximum Gasteiger partial charge on any atom is 0.339 e. The second-order valence-corrected chi connectivity index (χ2v) is 7.00. The number of nitrogens with zero attached hydrogens (tertiary/aromatic N) is 2. The first kappa shape index (κ1) is 18.4. The number of aryl methyl sites for hydroxylation is 2. The lowest BCUT2D eigenvalue weighted by Crippen LogP contribution is -2.41. The molecular formula is C19H25N3O4. The maximum absolute atomic E-state index is 12.6. The van der Waals surface area contributed by atoms with Gasteiger partial charge in [-0.25, -0.2) is 9.78 Å². The van der Waals surface area contributed by atoms with Crippen molar-refractivity contribution in [2.75, 3.05) is 0 Å². The van der Waals surface area contributed by atoms with Crippen molar-refractivity contribution in [2.45, 2.75) is 71.4 Å². The van der Waals surface area contributed by atoms with E-state index in [9.17, 15) is 9.59 Å². The lowest BCUT2D eigenvalue weighted by atomic mass is 10.1. The van der Waals surface area contributed by atoms with Gasteiger partial charge in [-0.2, -0.15) is 0 Å². The summed E-state index contributed by atoms with van der Waals surface area (Å²) in [6.45, 7) is 5.09. The van der Waals surface area contributed by atoms with E-state index < -0.39 is 12.1 Å². The molecule has 0 spiro atoms. The number of hydrogen-bond acceptors (Lipinski definition) is 6. The Bertz CT molecular complexity index is 806. The zero-order valence-electron chi connectivity index (χ0n) is 15.5. The van der Waals surface area contributed by atoms with Crippen LogP contribution in [0.1, 0.15) is 67.2 Å². The summed E-state index contributed by atoms with van der Waals surface area (Å²) in [4.78, 5) is 29.3. The summed E-state index contributed by atoms with van der Waals surface area (Å²) in [5.41, 5.74) is 1.80. The van der Waals surface area contributed by atoms with Crippen LogP contribution in [0.25, 0.3) is 11.1 Å². The van der Waals surface area contributed by atoms with E-state index in [2.05, 4.69) is 15.5 Å². The van der Waals surface area contributed by atoms with Crippen LogP contribution in [0.2, 0.25) is 0 Å². The van der Waals surface area contributed by atoms with Crippen LogP contribution in [0.15, 0.2) is 10.6 Å². The molecule has 1 aliphatic carbocycles. The third-order valence-corrected chi connectivity index (χ3v) is 4.82. The van der Waals surface area contributed by atoms with Crippen molar-refractivity contribution in [1.82, 2.24) is 15.5 Å². The molecule has 26 heavy (non-hydrogen) atoms. The van der Waals surface area contributed by atoms with Crippen molar-refractivity contribution in [2.24, 2.45) is 0 Å². The van der Waals surface area contributed by atoms with Gasteiger partial charge in [0.2, 0.25) is 0 Å². The molecule has 2 aromatic heterocycles. The number of carbonyl (C=O) groups excluding carboxylic acids is 2. The van der Waals surface area contributed by atoms with Gasteiger partial charge in [0.15, 0.2) is 6.10 Å². The number of ether oxygens (including phenoxy) is 1. The van der Waals surface area contributed by atoms with E-state index in [0.717, 1.165) is 25.7 Å². The Morgan fingerprint density at radius 1 is 1.23 bits per heavy atom. The van der Waals surface area contributed by atoms with E-state index in [0.29, 0.717) is 28.1 Å². The standard InChI is InChI=1S/C19H25N3O4/c1-11-10-15(16-12(2)22-26-18(16)20-11)19(24)25-13(3)17(23)21-14-8-6-4-5-7-9-14/h10,13-14H,4-9H2,1-3H3,(H,21,23)/t13-/m1/s1. The predicted molar refractivity (Wildman–Crippen MR) is 95.8 cm³/mol. The molecule has 1 aliphatic rings. The summed E-state index contributed by atoms with van der Waals surface area (Å²) >= 11 is 0. The van der Waals surface area contributed by atoms with Crippen LogP contribution in [-0.2, 0) is 9.53 Å². The van der Waals surface area contributed by atoms with E-state index in [1.807, 2.05) is 0 Å². The summed E-state index contributed by atoms with van der Waals surface area (Å²) in [7, 11) is 0. The molecule has 1 N–H and O–H groups in total. The van der Waals surface area contributed by atoms with Crippen LogP contribution in [0.3, 0.4) is 0 Å². The Balaban J connectivity index is 1.69. The van der Waals surface area contributed by atoms with Crippen LogP contribution >= 0.6 is 0 Å². The number of esters is 1. The van der Waals surface area contributed by atoms with Crippen molar-refractivity contribution >= 4 is 23.0 Å². The second kappa shape index (κ2) is 7.85. The minimum absolute atomic E-state index is 0.168. The van der Waals surface area contributed by atoms with Crippen molar-refractivity contribution in [3.63, 3.8) is 0 Å². The molecule has 0 aliphatic heterocycles. The lowest BCUT2D eigenvalue weighted by Gasteiger charge is -2.19. The highest BCUT2D eigenvalue weighted by molar-refractivity contribution is 6.04. The average Bonchev–Trinajstić information content (AvgIpc) is 2.81. The molecule has 7 heteroatoms. The molecule has 3 rings (SSSR count). The zero-order chi connectivity index (χ0) is 18.7. The van der Waals surface area contributed by atoms with Crippen molar-refractivity contribution in [1.29, 1.82) is 0 Å². The summed E-state index contributed by atoms with van der Waals surface area (Å²) in [5, 5.41) is 7.39. The number of rotatable bonds is 4. The van der Waals surface area contributed by atoms with Crippen LogP contribution < -0.4 is 5.32 Å². The fourth-order valence-electron chi connectivity index (χ4n) is 3.40. The third-order valence-electron chi connectivity index (χ3n) is 4.82. The van der Waals surface area contributed by atoms with Gasteiger partial charge in [-0.15, -0.1) is 0 Å². The molecule has 0 aromatic carbocycles. The fourth-order valence-corrected chi connectivity index (χ4v) is 3.40. The highest BCUT2D eigenvalue weighted by Gasteiger charge is 2.25. The minimum Gasteiger partial charge on any atom is -0.449 e. The maximum atomic E-state index is 12.6. The number of fused-ring (bicyclic) bond motifs is 1. The Labute approximate surface area is 152 Å². The van der Waals surface area contributed by atoms with Gasteiger partial charge >= 0.3 is 5.97 Å². The first-order valence-corrected chi connectivity index (χ1v) is 9.20. The quantitative estimate of drug-likeness (QED) is 0.665. The van der Waals surface area contributed by atoms with Gasteiger partial charge in [0.05, 0.1) is 16.6 Å². The topological polar surface area (TPSA) is 94.3 Å². The Kier molecular flexibility index (Phi) is 5.54. The highest BCUT2D eigenvalue weighted by Crippen LogP contribution is 2.23. The van der Waals surface area contributed by atoms with Gasteiger partial charge in [-0.3, -0.25) is 4.79 Å². The number of pyridine rings is 1. The minimum atomic E-state index is -0.866. The molecule has 2 heterocycles. The smallest absolute Gasteiger partial charge is 0.339 e. The summed E-state index contributed by atoms with van der Waals surface area (Å²) < 4.78 is 10.5. The van der Waals surface area contributed by atoms with Crippen LogP contribution in [0.4, 0.5) is 0 Å². The molecule has 0 unspecified atom stereocenters. The van der Waals surface area contributed by atoms with Crippen molar-refractivity contribution < 1.29 is 18.8 Å². The molecule has 0 bridgehead atoms. The average molecular weight is 359 g/mol. The first-order chi connectivity index (χ1) is 12.5. The molecule has 1 fully saturated rings. The van der Waals surface area contributed by atoms with E-state index in [1.54, 1.807) is 26.8 Å². The van der Waals surface area contributed by atoms with Gasteiger partial charge in [0, 0.05) is 11.7 Å². The summed E-state index contributed by atoms with van der Waals surface area (Å²) in [6.07, 6.45) is 5.78. The predicted octanol–water partition coefficient (Wildman–Crippen LogP) is 3.22.